The smallest absolute Gasteiger partial charge is 0.326 e. The van der Waals surface area contributed by atoms with Crippen molar-refractivity contribution in [1.82, 2.24) is 5.32 Å². The summed E-state index contributed by atoms with van der Waals surface area (Å²) in [5.74, 6) is -2.22. The first-order chi connectivity index (χ1) is 8.81. The standard InChI is InChI=1S/C12H16N2O4S/c1-6-5-9(19-7(6)2)11(16)14-8(12(17)18)3-4-10(13)15/h5,8H,3-4H2,1-2H3,(H2,13,15)(H,14,16)(H,17,18). The maximum Gasteiger partial charge on any atom is 0.326 e. The lowest BCUT2D eigenvalue weighted by molar-refractivity contribution is -0.139. The quantitative estimate of drug-likeness (QED) is 0.718. The van der Waals surface area contributed by atoms with Crippen molar-refractivity contribution in [2.75, 3.05) is 0 Å². The molecule has 4 N–H and O–H groups in total. The zero-order chi connectivity index (χ0) is 14.6. The Morgan fingerprint density at radius 2 is 2.05 bits per heavy atom. The molecule has 0 spiro atoms. The molecule has 0 aliphatic carbocycles. The second-order valence-corrected chi connectivity index (χ2v) is 5.48. The van der Waals surface area contributed by atoms with Crippen molar-refractivity contribution in [3.63, 3.8) is 0 Å². The number of thiophene rings is 1. The summed E-state index contributed by atoms with van der Waals surface area (Å²) in [6.45, 7) is 3.77. The summed E-state index contributed by atoms with van der Waals surface area (Å²) < 4.78 is 0. The molecule has 1 rings (SSSR count). The Hall–Kier alpha value is -1.89. The van der Waals surface area contributed by atoms with Crippen LogP contribution < -0.4 is 11.1 Å². The van der Waals surface area contributed by atoms with Gasteiger partial charge in [0.1, 0.15) is 6.04 Å². The van der Waals surface area contributed by atoms with E-state index in [-0.39, 0.29) is 12.8 Å². The lowest BCUT2D eigenvalue weighted by atomic mass is 10.1. The monoisotopic (exact) mass is 284 g/mol. The predicted octanol–water partition coefficient (Wildman–Crippen LogP) is 0.813. The highest BCUT2D eigenvalue weighted by Gasteiger charge is 2.22. The molecule has 0 saturated carbocycles. The first kappa shape index (κ1) is 15.2. The van der Waals surface area contributed by atoms with E-state index in [9.17, 15) is 14.4 Å². The molecule has 1 aromatic heterocycles. The lowest BCUT2D eigenvalue weighted by Gasteiger charge is -2.12. The molecule has 0 fully saturated rings. The molecule has 0 aromatic carbocycles. The topological polar surface area (TPSA) is 109 Å². The molecule has 1 unspecified atom stereocenters. The number of nitrogens with two attached hydrogens (primary N) is 1. The van der Waals surface area contributed by atoms with E-state index in [4.69, 9.17) is 10.8 Å². The highest BCUT2D eigenvalue weighted by Crippen LogP contribution is 2.20. The molecule has 1 heterocycles. The minimum absolute atomic E-state index is 0.0141. The summed E-state index contributed by atoms with van der Waals surface area (Å²) in [6.07, 6.45) is -0.0977. The maximum atomic E-state index is 11.9. The predicted molar refractivity (Wildman–Crippen MR) is 71.1 cm³/mol. The van der Waals surface area contributed by atoms with Crippen molar-refractivity contribution in [1.29, 1.82) is 0 Å². The van der Waals surface area contributed by atoms with Crippen molar-refractivity contribution >= 4 is 29.1 Å². The second kappa shape index (κ2) is 6.33. The van der Waals surface area contributed by atoms with Gasteiger partial charge in [-0.15, -0.1) is 11.3 Å². The van der Waals surface area contributed by atoms with Gasteiger partial charge in [0.15, 0.2) is 0 Å². The Kier molecular flexibility index (Phi) is 5.05. The van der Waals surface area contributed by atoms with Crippen LogP contribution in [0.3, 0.4) is 0 Å². The Labute approximate surface area is 114 Å². The van der Waals surface area contributed by atoms with Gasteiger partial charge in [-0.3, -0.25) is 9.59 Å². The molecule has 0 saturated heterocycles. The third-order valence-corrected chi connectivity index (χ3v) is 3.82. The number of primary amides is 1. The van der Waals surface area contributed by atoms with Gasteiger partial charge in [-0.25, -0.2) is 4.79 Å². The van der Waals surface area contributed by atoms with Gasteiger partial charge < -0.3 is 16.2 Å². The zero-order valence-corrected chi connectivity index (χ0v) is 11.5. The second-order valence-electron chi connectivity index (χ2n) is 4.22. The Bertz CT molecular complexity index is 490. The van der Waals surface area contributed by atoms with E-state index in [1.54, 1.807) is 6.07 Å². The van der Waals surface area contributed by atoms with Gasteiger partial charge in [0.2, 0.25) is 5.91 Å². The first-order valence-electron chi connectivity index (χ1n) is 5.70. The Balaban J connectivity index is 2.71. The fraction of sp³-hybridized carbons (Fsp3) is 0.417. The molecular formula is C12H16N2O4S. The molecule has 0 bridgehead atoms. The van der Waals surface area contributed by atoms with Crippen LogP contribution in [0.5, 0.6) is 0 Å². The fourth-order valence-corrected chi connectivity index (χ4v) is 2.40. The number of hydrogen-bond acceptors (Lipinski definition) is 4. The summed E-state index contributed by atoms with van der Waals surface area (Å²) in [6, 6.07) is 0.602. The van der Waals surface area contributed by atoms with E-state index in [2.05, 4.69) is 5.32 Å². The van der Waals surface area contributed by atoms with E-state index in [1.807, 2.05) is 13.8 Å². The summed E-state index contributed by atoms with van der Waals surface area (Å²) in [4.78, 5) is 35.0. The number of nitrogens with one attached hydrogen (secondary N) is 1. The summed E-state index contributed by atoms with van der Waals surface area (Å²) in [7, 11) is 0. The lowest BCUT2D eigenvalue weighted by Crippen LogP contribution is -2.41. The molecule has 6 nitrogen and oxygen atoms in total. The average molecular weight is 284 g/mol. The van der Waals surface area contributed by atoms with Crippen molar-refractivity contribution in [3.05, 3.63) is 21.4 Å². The van der Waals surface area contributed by atoms with Gasteiger partial charge in [0, 0.05) is 11.3 Å². The highest BCUT2D eigenvalue weighted by atomic mass is 32.1. The van der Waals surface area contributed by atoms with Crippen LogP contribution >= 0.6 is 11.3 Å². The van der Waals surface area contributed by atoms with Crippen molar-refractivity contribution in [2.45, 2.75) is 32.7 Å². The highest BCUT2D eigenvalue weighted by molar-refractivity contribution is 7.14. The minimum atomic E-state index is -1.18. The number of aryl methyl sites for hydroxylation is 2. The molecular weight excluding hydrogens is 268 g/mol. The van der Waals surface area contributed by atoms with Crippen LogP contribution in [0.25, 0.3) is 0 Å². The summed E-state index contributed by atoms with van der Waals surface area (Å²) in [5.41, 5.74) is 5.95. The molecule has 7 heteroatoms. The van der Waals surface area contributed by atoms with E-state index in [1.165, 1.54) is 11.3 Å². The van der Waals surface area contributed by atoms with Crippen LogP contribution in [0, 0.1) is 13.8 Å². The maximum absolute atomic E-state index is 11.9. The molecule has 0 aliphatic heterocycles. The van der Waals surface area contributed by atoms with Crippen molar-refractivity contribution in [2.24, 2.45) is 5.73 Å². The van der Waals surface area contributed by atoms with Gasteiger partial charge in [0.25, 0.3) is 5.91 Å². The minimum Gasteiger partial charge on any atom is -0.480 e. The van der Waals surface area contributed by atoms with Crippen molar-refractivity contribution < 1.29 is 19.5 Å². The van der Waals surface area contributed by atoms with Crippen LogP contribution in [0.1, 0.15) is 33.0 Å². The number of amides is 2. The van der Waals surface area contributed by atoms with Crippen LogP contribution in [0.4, 0.5) is 0 Å². The van der Waals surface area contributed by atoms with E-state index in [0.717, 1.165) is 10.4 Å². The van der Waals surface area contributed by atoms with Crippen LogP contribution in [-0.4, -0.2) is 28.9 Å². The normalized spacial score (nSPS) is 11.9. The summed E-state index contributed by atoms with van der Waals surface area (Å²) in [5, 5.41) is 11.4. The van der Waals surface area contributed by atoms with Gasteiger partial charge in [-0.05, 0) is 31.9 Å². The number of carbonyl (C=O) groups excluding carboxylic acids is 2. The van der Waals surface area contributed by atoms with Crippen LogP contribution in [0.15, 0.2) is 6.07 Å². The van der Waals surface area contributed by atoms with E-state index in [0.29, 0.717) is 4.88 Å². The molecule has 0 aliphatic rings. The molecule has 1 aromatic rings. The number of carboxylic acids is 1. The van der Waals surface area contributed by atoms with Crippen LogP contribution in [0.2, 0.25) is 0 Å². The molecule has 104 valence electrons. The number of rotatable bonds is 6. The number of carboxylic acid groups (broad SMARTS) is 1. The number of aliphatic carboxylic acids is 1. The molecule has 0 radical (unpaired) electrons. The number of carbonyl (C=O) groups is 3. The SMILES string of the molecule is Cc1cc(C(=O)NC(CCC(N)=O)C(=O)O)sc1C. The van der Waals surface area contributed by atoms with Crippen LogP contribution in [-0.2, 0) is 9.59 Å². The van der Waals surface area contributed by atoms with Gasteiger partial charge >= 0.3 is 5.97 Å². The van der Waals surface area contributed by atoms with E-state index >= 15 is 0 Å². The fourth-order valence-electron chi connectivity index (χ4n) is 1.46. The summed E-state index contributed by atoms with van der Waals surface area (Å²) >= 11 is 1.30. The average Bonchev–Trinajstić information content (AvgIpc) is 2.64. The van der Waals surface area contributed by atoms with Gasteiger partial charge in [0.05, 0.1) is 4.88 Å². The third kappa shape index (κ3) is 4.36. The third-order valence-electron chi connectivity index (χ3n) is 2.67. The van der Waals surface area contributed by atoms with Gasteiger partial charge in [-0.1, -0.05) is 0 Å². The Morgan fingerprint density at radius 3 is 2.47 bits per heavy atom. The zero-order valence-electron chi connectivity index (χ0n) is 10.7. The molecule has 1 atom stereocenters. The molecule has 19 heavy (non-hydrogen) atoms. The van der Waals surface area contributed by atoms with Crippen molar-refractivity contribution in [3.8, 4) is 0 Å². The van der Waals surface area contributed by atoms with Gasteiger partial charge in [-0.2, -0.15) is 0 Å². The van der Waals surface area contributed by atoms with E-state index < -0.39 is 23.8 Å². The first-order valence-corrected chi connectivity index (χ1v) is 6.52. The number of hydrogen-bond donors (Lipinski definition) is 3. The molecule has 2 amide bonds. The largest absolute Gasteiger partial charge is 0.480 e. The Morgan fingerprint density at radius 1 is 1.42 bits per heavy atom.